The summed E-state index contributed by atoms with van der Waals surface area (Å²) in [6.45, 7) is 7.81. The van der Waals surface area contributed by atoms with Crippen molar-refractivity contribution in [3.63, 3.8) is 0 Å². The number of amides is 4. The quantitative estimate of drug-likeness (QED) is 0.585. The molecule has 10 heteroatoms. The highest BCUT2D eigenvalue weighted by atomic mass is 32.2. The van der Waals surface area contributed by atoms with Crippen LogP contribution in [0, 0.1) is 12.8 Å². The molecule has 1 aromatic rings. The average molecular weight is 479 g/mol. The van der Waals surface area contributed by atoms with Crippen molar-refractivity contribution in [3.05, 3.63) is 23.8 Å². The van der Waals surface area contributed by atoms with E-state index in [-0.39, 0.29) is 10.8 Å². The van der Waals surface area contributed by atoms with Crippen LogP contribution in [0.25, 0.3) is 0 Å². The molecule has 2 heterocycles. The summed E-state index contributed by atoms with van der Waals surface area (Å²) in [5.41, 5.74) is -0.143. The molecule has 3 rings (SSSR count). The van der Waals surface area contributed by atoms with Crippen LogP contribution in [-0.2, 0) is 19.6 Å². The Balaban J connectivity index is 1.73. The summed E-state index contributed by atoms with van der Waals surface area (Å²) < 4.78 is 28.0. The number of imide groups is 1. The minimum absolute atomic E-state index is 0.154. The predicted molar refractivity (Wildman–Crippen MR) is 125 cm³/mol. The predicted octanol–water partition coefficient (Wildman–Crippen LogP) is 2.85. The molecule has 0 bridgehead atoms. The van der Waals surface area contributed by atoms with E-state index in [0.717, 1.165) is 30.6 Å². The molecular formula is C23H34N4O5S. The van der Waals surface area contributed by atoms with E-state index in [1.54, 1.807) is 26.0 Å². The highest BCUT2D eigenvalue weighted by Gasteiger charge is 2.48. The Morgan fingerprint density at radius 1 is 1.15 bits per heavy atom. The van der Waals surface area contributed by atoms with Gasteiger partial charge in [0.1, 0.15) is 12.1 Å². The highest BCUT2D eigenvalue weighted by Crippen LogP contribution is 2.27. The van der Waals surface area contributed by atoms with Gasteiger partial charge in [-0.25, -0.2) is 13.2 Å². The van der Waals surface area contributed by atoms with E-state index in [4.69, 9.17) is 0 Å². The third-order valence-electron chi connectivity index (χ3n) is 6.12. The van der Waals surface area contributed by atoms with Crippen molar-refractivity contribution in [1.82, 2.24) is 14.5 Å². The number of hydrogen-bond acceptors (Lipinski definition) is 5. The van der Waals surface area contributed by atoms with E-state index >= 15 is 0 Å². The SMILES string of the molecule is Cc1ccc(NC(=O)CN2C(=O)NC(C)(CC(C)C)C2=O)cc1S(=O)(=O)N1CCCCCC1. The Morgan fingerprint density at radius 2 is 1.79 bits per heavy atom. The number of benzene rings is 1. The van der Waals surface area contributed by atoms with Crippen molar-refractivity contribution in [2.45, 2.75) is 70.2 Å². The molecule has 0 radical (unpaired) electrons. The molecule has 0 saturated carbocycles. The van der Waals surface area contributed by atoms with Gasteiger partial charge in [0.2, 0.25) is 15.9 Å². The lowest BCUT2D eigenvalue weighted by molar-refractivity contribution is -0.133. The normalized spacial score (nSPS) is 22.4. The zero-order valence-corrected chi connectivity index (χ0v) is 20.6. The first-order chi connectivity index (χ1) is 15.4. The van der Waals surface area contributed by atoms with Crippen molar-refractivity contribution >= 4 is 33.6 Å². The van der Waals surface area contributed by atoms with Gasteiger partial charge >= 0.3 is 6.03 Å². The van der Waals surface area contributed by atoms with Crippen molar-refractivity contribution in [3.8, 4) is 0 Å². The number of rotatable bonds is 7. The van der Waals surface area contributed by atoms with Gasteiger partial charge in [0, 0.05) is 18.8 Å². The molecule has 2 fully saturated rings. The summed E-state index contributed by atoms with van der Waals surface area (Å²) in [5, 5.41) is 5.32. The van der Waals surface area contributed by atoms with Crippen LogP contribution in [0.2, 0.25) is 0 Å². The summed E-state index contributed by atoms with van der Waals surface area (Å²) in [6, 6.07) is 4.10. The summed E-state index contributed by atoms with van der Waals surface area (Å²) in [7, 11) is -3.69. The summed E-state index contributed by atoms with van der Waals surface area (Å²) in [5.74, 6) is -0.830. The zero-order chi connectivity index (χ0) is 24.4. The van der Waals surface area contributed by atoms with E-state index in [1.807, 2.05) is 13.8 Å². The molecular weight excluding hydrogens is 444 g/mol. The van der Waals surface area contributed by atoms with E-state index < -0.39 is 40.0 Å². The topological polar surface area (TPSA) is 116 Å². The third kappa shape index (κ3) is 5.55. The zero-order valence-electron chi connectivity index (χ0n) is 19.8. The average Bonchev–Trinajstić information content (AvgIpc) is 2.93. The fourth-order valence-electron chi connectivity index (χ4n) is 4.57. The molecule has 1 atom stereocenters. The van der Waals surface area contributed by atoms with E-state index in [0.29, 0.717) is 30.8 Å². The number of carbonyl (C=O) groups is 3. The molecule has 0 aliphatic carbocycles. The first-order valence-electron chi connectivity index (χ1n) is 11.5. The Labute approximate surface area is 195 Å². The van der Waals surface area contributed by atoms with Gasteiger partial charge in [0.05, 0.1) is 4.90 Å². The van der Waals surface area contributed by atoms with E-state index in [2.05, 4.69) is 10.6 Å². The second kappa shape index (κ2) is 9.80. The summed E-state index contributed by atoms with van der Waals surface area (Å²) in [4.78, 5) is 38.8. The van der Waals surface area contributed by atoms with E-state index in [1.165, 1.54) is 10.4 Å². The molecule has 2 N–H and O–H groups in total. The number of nitrogens with one attached hydrogen (secondary N) is 2. The Bertz CT molecular complexity index is 1030. The molecule has 2 aliphatic heterocycles. The fourth-order valence-corrected chi connectivity index (χ4v) is 6.33. The van der Waals surface area contributed by atoms with Crippen molar-refractivity contribution in [2.75, 3.05) is 25.0 Å². The Morgan fingerprint density at radius 3 is 2.39 bits per heavy atom. The van der Waals surface area contributed by atoms with Crippen molar-refractivity contribution in [2.24, 2.45) is 5.92 Å². The van der Waals surface area contributed by atoms with Crippen LogP contribution in [0.15, 0.2) is 23.1 Å². The standard InChI is InChI=1S/C23H34N4O5S/c1-16(2)14-23(4)21(29)27(22(30)25-23)15-20(28)24-18-10-9-17(3)19(13-18)33(31,32)26-11-7-5-6-8-12-26/h9-10,13,16H,5-8,11-12,14-15H2,1-4H3,(H,24,28)(H,25,30). The fraction of sp³-hybridized carbons (Fsp3) is 0.609. The first kappa shape index (κ1) is 25.2. The van der Waals surface area contributed by atoms with E-state index in [9.17, 15) is 22.8 Å². The van der Waals surface area contributed by atoms with Gasteiger partial charge < -0.3 is 10.6 Å². The van der Waals surface area contributed by atoms with Gasteiger partial charge in [-0.15, -0.1) is 0 Å². The lowest BCUT2D eigenvalue weighted by Crippen LogP contribution is -2.45. The molecule has 182 valence electrons. The molecule has 1 unspecified atom stereocenters. The van der Waals surface area contributed by atoms with Crippen LogP contribution in [0.4, 0.5) is 10.5 Å². The maximum atomic E-state index is 13.2. The monoisotopic (exact) mass is 478 g/mol. The summed E-state index contributed by atoms with van der Waals surface area (Å²) >= 11 is 0. The number of carbonyl (C=O) groups excluding carboxylic acids is 3. The van der Waals surface area contributed by atoms with Crippen LogP contribution < -0.4 is 10.6 Å². The lowest BCUT2D eigenvalue weighted by Gasteiger charge is -2.23. The molecule has 0 aromatic heterocycles. The Hall–Kier alpha value is -2.46. The van der Waals surface area contributed by atoms with Crippen LogP contribution in [0.3, 0.4) is 0 Å². The molecule has 2 saturated heterocycles. The summed E-state index contributed by atoms with van der Waals surface area (Å²) in [6.07, 6.45) is 4.15. The van der Waals surface area contributed by atoms with Gasteiger partial charge in [-0.2, -0.15) is 4.31 Å². The van der Waals surface area contributed by atoms with Gasteiger partial charge in [-0.3, -0.25) is 14.5 Å². The third-order valence-corrected chi connectivity index (χ3v) is 8.16. The van der Waals surface area contributed by atoms with Crippen molar-refractivity contribution in [1.29, 1.82) is 0 Å². The van der Waals surface area contributed by atoms with Gasteiger partial charge in [0.15, 0.2) is 0 Å². The second-order valence-electron chi connectivity index (χ2n) is 9.60. The highest BCUT2D eigenvalue weighted by molar-refractivity contribution is 7.89. The minimum Gasteiger partial charge on any atom is -0.324 e. The number of hydrogen-bond donors (Lipinski definition) is 2. The molecule has 0 spiro atoms. The lowest BCUT2D eigenvalue weighted by atomic mass is 9.91. The van der Waals surface area contributed by atoms with Crippen LogP contribution in [-0.4, -0.2) is 60.6 Å². The maximum Gasteiger partial charge on any atom is 0.325 e. The number of anilines is 1. The smallest absolute Gasteiger partial charge is 0.324 e. The van der Waals surface area contributed by atoms with Crippen molar-refractivity contribution < 1.29 is 22.8 Å². The number of nitrogens with zero attached hydrogens (tertiary/aromatic N) is 2. The van der Waals surface area contributed by atoms with Crippen LogP contribution in [0.1, 0.15) is 58.4 Å². The van der Waals surface area contributed by atoms with Crippen LogP contribution >= 0.6 is 0 Å². The molecule has 1 aromatic carbocycles. The van der Waals surface area contributed by atoms with Gasteiger partial charge in [-0.1, -0.05) is 32.8 Å². The van der Waals surface area contributed by atoms with Crippen LogP contribution in [0.5, 0.6) is 0 Å². The maximum absolute atomic E-state index is 13.2. The molecule has 9 nitrogen and oxygen atoms in total. The molecule has 4 amide bonds. The van der Waals surface area contributed by atoms with Gasteiger partial charge in [0.25, 0.3) is 5.91 Å². The Kier molecular flexibility index (Phi) is 7.48. The largest absolute Gasteiger partial charge is 0.325 e. The number of aryl methyl sites for hydroxylation is 1. The van der Waals surface area contributed by atoms with Gasteiger partial charge in [-0.05, 0) is 56.7 Å². The second-order valence-corrected chi connectivity index (χ2v) is 11.5. The molecule has 2 aliphatic rings. The number of urea groups is 1. The minimum atomic E-state index is -3.69. The molecule has 33 heavy (non-hydrogen) atoms. The number of sulfonamides is 1. The first-order valence-corrected chi connectivity index (χ1v) is 12.9.